The van der Waals surface area contributed by atoms with Crippen LogP contribution in [-0.4, -0.2) is 28.6 Å². The largest absolute Gasteiger partial charge is 0.504 e. The number of aromatic hydroxyl groups is 1. The summed E-state index contributed by atoms with van der Waals surface area (Å²) in [5.41, 5.74) is 6.54. The van der Waals surface area contributed by atoms with Crippen molar-refractivity contribution >= 4 is 10.9 Å². The number of fused-ring (bicyclic) bond motifs is 6. The van der Waals surface area contributed by atoms with Crippen LogP contribution in [0.25, 0.3) is 10.9 Å². The van der Waals surface area contributed by atoms with E-state index in [1.807, 2.05) is 12.1 Å². The number of benzene rings is 2. The lowest BCUT2D eigenvalue weighted by molar-refractivity contribution is 0.159. The summed E-state index contributed by atoms with van der Waals surface area (Å²) in [6.07, 6.45) is 1.98. The van der Waals surface area contributed by atoms with Gasteiger partial charge in [-0.05, 0) is 47.7 Å². The molecule has 0 unspecified atom stereocenters. The Morgan fingerprint density at radius 1 is 1.25 bits per heavy atom. The molecule has 0 bridgehead atoms. The third-order valence-corrected chi connectivity index (χ3v) is 5.57. The van der Waals surface area contributed by atoms with Gasteiger partial charge in [0.05, 0.1) is 7.11 Å². The van der Waals surface area contributed by atoms with E-state index in [0.29, 0.717) is 11.8 Å². The summed E-state index contributed by atoms with van der Waals surface area (Å²) in [5, 5.41) is 11.6. The Bertz CT molecular complexity index is 944. The van der Waals surface area contributed by atoms with Crippen LogP contribution in [0.5, 0.6) is 11.5 Å². The molecule has 2 aliphatic rings. The van der Waals surface area contributed by atoms with Gasteiger partial charge in [0.2, 0.25) is 0 Å². The second-order valence-corrected chi connectivity index (χ2v) is 6.79. The molecule has 2 N–H and O–H groups in total. The molecule has 3 heterocycles. The fourth-order valence-electron chi connectivity index (χ4n) is 4.38. The van der Waals surface area contributed by atoms with Gasteiger partial charge in [0.15, 0.2) is 11.5 Å². The van der Waals surface area contributed by atoms with Crippen molar-refractivity contribution in [3.63, 3.8) is 0 Å². The van der Waals surface area contributed by atoms with Gasteiger partial charge in [-0.15, -0.1) is 0 Å². The number of ether oxygens (including phenoxy) is 1. The van der Waals surface area contributed by atoms with Crippen molar-refractivity contribution in [1.82, 2.24) is 9.88 Å². The van der Waals surface area contributed by atoms with E-state index in [0.717, 1.165) is 25.9 Å². The van der Waals surface area contributed by atoms with Crippen LogP contribution >= 0.6 is 0 Å². The Morgan fingerprint density at radius 2 is 2.12 bits per heavy atom. The molecule has 2 aromatic carbocycles. The molecule has 0 spiro atoms. The maximum absolute atomic E-state index is 10.2. The zero-order chi connectivity index (χ0) is 16.3. The van der Waals surface area contributed by atoms with E-state index in [1.165, 1.54) is 33.3 Å². The first-order chi connectivity index (χ1) is 11.7. The summed E-state index contributed by atoms with van der Waals surface area (Å²) < 4.78 is 5.28. The average molecular weight is 320 g/mol. The third kappa shape index (κ3) is 1.89. The lowest BCUT2D eigenvalue weighted by Crippen LogP contribution is -2.39. The number of aromatic nitrogens is 1. The number of rotatable bonds is 1. The van der Waals surface area contributed by atoms with E-state index in [9.17, 15) is 5.11 Å². The number of phenols is 1. The number of H-pyrrole nitrogens is 1. The molecule has 0 saturated heterocycles. The van der Waals surface area contributed by atoms with E-state index in [4.69, 9.17) is 4.74 Å². The van der Waals surface area contributed by atoms with Crippen LogP contribution in [0.2, 0.25) is 0 Å². The number of phenolic OH excluding ortho intramolecular Hbond substituents is 1. The van der Waals surface area contributed by atoms with E-state index >= 15 is 0 Å². The van der Waals surface area contributed by atoms with Gasteiger partial charge in [0.1, 0.15) is 0 Å². The standard InChI is InChI=1S/C20H20N2O2/c1-24-20-8-12-6-7-22-11-17-15(9-18(22)14(12)10-19(20)23)13-4-2-3-5-16(13)21-17/h2-5,8,10,18,21,23H,6-7,9,11H2,1H3/t18-/m0/s1. The second-order valence-electron chi connectivity index (χ2n) is 6.79. The molecule has 5 rings (SSSR count). The summed E-state index contributed by atoms with van der Waals surface area (Å²) in [6, 6.07) is 12.8. The zero-order valence-corrected chi connectivity index (χ0v) is 13.7. The first-order valence-electron chi connectivity index (χ1n) is 8.47. The summed E-state index contributed by atoms with van der Waals surface area (Å²) >= 11 is 0. The molecule has 1 atom stereocenters. The van der Waals surface area contributed by atoms with Gasteiger partial charge in [-0.1, -0.05) is 18.2 Å². The molecular formula is C20H20N2O2. The number of nitrogens with zero attached hydrogens (tertiary/aromatic N) is 1. The number of methoxy groups -OCH3 is 1. The van der Waals surface area contributed by atoms with Crippen molar-refractivity contribution in [2.75, 3.05) is 13.7 Å². The third-order valence-electron chi connectivity index (χ3n) is 5.57. The highest BCUT2D eigenvalue weighted by atomic mass is 16.5. The predicted molar refractivity (Wildman–Crippen MR) is 93.5 cm³/mol. The summed E-state index contributed by atoms with van der Waals surface area (Å²) in [7, 11) is 1.61. The van der Waals surface area contributed by atoms with Crippen molar-refractivity contribution < 1.29 is 9.84 Å². The smallest absolute Gasteiger partial charge is 0.160 e. The minimum atomic E-state index is 0.239. The maximum Gasteiger partial charge on any atom is 0.160 e. The first-order valence-corrected chi connectivity index (χ1v) is 8.47. The molecule has 0 amide bonds. The number of hydrogen-bond donors (Lipinski definition) is 2. The van der Waals surface area contributed by atoms with Crippen LogP contribution in [0.4, 0.5) is 0 Å². The maximum atomic E-state index is 10.2. The summed E-state index contributed by atoms with van der Waals surface area (Å²) in [4.78, 5) is 6.11. The SMILES string of the molecule is COc1cc2c(cc1O)[C@@H]1Cc3c([nH]c4ccccc34)CN1CC2. The fraction of sp³-hybridized carbons (Fsp3) is 0.300. The Morgan fingerprint density at radius 3 is 3.00 bits per heavy atom. The molecule has 4 heteroatoms. The van der Waals surface area contributed by atoms with Crippen LogP contribution in [0.3, 0.4) is 0 Å². The highest BCUT2D eigenvalue weighted by Crippen LogP contribution is 2.43. The van der Waals surface area contributed by atoms with E-state index in [1.54, 1.807) is 7.11 Å². The Hall–Kier alpha value is -2.46. The molecule has 24 heavy (non-hydrogen) atoms. The molecule has 0 fully saturated rings. The minimum absolute atomic E-state index is 0.239. The lowest BCUT2D eigenvalue weighted by atomic mass is 9.85. The van der Waals surface area contributed by atoms with Gasteiger partial charge in [-0.2, -0.15) is 0 Å². The van der Waals surface area contributed by atoms with E-state index in [-0.39, 0.29) is 5.75 Å². The van der Waals surface area contributed by atoms with Crippen molar-refractivity contribution in [3.8, 4) is 11.5 Å². The van der Waals surface area contributed by atoms with Gasteiger partial charge in [-0.3, -0.25) is 4.90 Å². The molecule has 1 aromatic heterocycles. The Balaban J connectivity index is 1.63. The molecular weight excluding hydrogens is 300 g/mol. The monoisotopic (exact) mass is 320 g/mol. The molecule has 0 aliphatic carbocycles. The Labute approximate surface area is 140 Å². The normalized spacial score (nSPS) is 19.6. The number of para-hydroxylation sites is 1. The van der Waals surface area contributed by atoms with Crippen LogP contribution in [0.1, 0.15) is 28.4 Å². The lowest BCUT2D eigenvalue weighted by Gasteiger charge is -2.40. The quantitative estimate of drug-likeness (QED) is 0.721. The molecule has 2 aliphatic heterocycles. The number of hydrogen-bond acceptors (Lipinski definition) is 3. The van der Waals surface area contributed by atoms with Gasteiger partial charge in [0, 0.05) is 35.7 Å². The summed E-state index contributed by atoms with van der Waals surface area (Å²) in [6.45, 7) is 1.99. The van der Waals surface area contributed by atoms with Crippen LogP contribution in [0.15, 0.2) is 36.4 Å². The topological polar surface area (TPSA) is 48.5 Å². The van der Waals surface area contributed by atoms with E-state index < -0.39 is 0 Å². The summed E-state index contributed by atoms with van der Waals surface area (Å²) in [5.74, 6) is 0.814. The van der Waals surface area contributed by atoms with Crippen molar-refractivity contribution in [3.05, 3.63) is 58.8 Å². The average Bonchev–Trinajstić information content (AvgIpc) is 2.97. The van der Waals surface area contributed by atoms with Gasteiger partial charge < -0.3 is 14.8 Å². The van der Waals surface area contributed by atoms with Crippen LogP contribution in [0, 0.1) is 0 Å². The van der Waals surface area contributed by atoms with Crippen LogP contribution in [-0.2, 0) is 19.4 Å². The number of aromatic amines is 1. The predicted octanol–water partition coefficient (Wildman–Crippen LogP) is 3.54. The molecule has 0 saturated carbocycles. The van der Waals surface area contributed by atoms with Crippen molar-refractivity contribution in [1.29, 1.82) is 0 Å². The van der Waals surface area contributed by atoms with Crippen molar-refractivity contribution in [2.24, 2.45) is 0 Å². The molecule has 4 nitrogen and oxygen atoms in total. The van der Waals surface area contributed by atoms with Crippen LogP contribution < -0.4 is 4.74 Å². The highest BCUT2D eigenvalue weighted by Gasteiger charge is 2.34. The first kappa shape index (κ1) is 13.9. The van der Waals surface area contributed by atoms with Gasteiger partial charge >= 0.3 is 0 Å². The number of nitrogens with one attached hydrogen (secondary N) is 1. The Kier molecular flexibility index (Phi) is 2.91. The second kappa shape index (κ2) is 5.02. The highest BCUT2D eigenvalue weighted by molar-refractivity contribution is 5.85. The minimum Gasteiger partial charge on any atom is -0.504 e. The zero-order valence-electron chi connectivity index (χ0n) is 13.7. The molecule has 3 aromatic rings. The van der Waals surface area contributed by atoms with Crippen molar-refractivity contribution in [2.45, 2.75) is 25.4 Å². The molecule has 0 radical (unpaired) electrons. The van der Waals surface area contributed by atoms with Gasteiger partial charge in [0.25, 0.3) is 0 Å². The van der Waals surface area contributed by atoms with E-state index in [2.05, 4.69) is 34.1 Å². The van der Waals surface area contributed by atoms with Gasteiger partial charge in [-0.25, -0.2) is 0 Å². The fourth-order valence-corrected chi connectivity index (χ4v) is 4.38. The molecule has 122 valence electrons.